The van der Waals surface area contributed by atoms with Gasteiger partial charge in [-0.25, -0.2) is 0 Å². The van der Waals surface area contributed by atoms with Gasteiger partial charge in [0.15, 0.2) is 5.78 Å². The molecule has 1 heterocycles. The van der Waals surface area contributed by atoms with E-state index in [2.05, 4.69) is 0 Å². The summed E-state index contributed by atoms with van der Waals surface area (Å²) in [5.41, 5.74) is 1.34. The lowest BCUT2D eigenvalue weighted by Crippen LogP contribution is -2.10. The third kappa shape index (κ3) is 2.93. The van der Waals surface area contributed by atoms with E-state index in [0.29, 0.717) is 20.6 Å². The van der Waals surface area contributed by atoms with Crippen LogP contribution in [0.4, 0.5) is 0 Å². The van der Waals surface area contributed by atoms with E-state index >= 15 is 0 Å². The number of benzene rings is 2. The molecule has 0 bridgehead atoms. The lowest BCUT2D eigenvalue weighted by atomic mass is 10.1. The van der Waals surface area contributed by atoms with Crippen molar-refractivity contribution in [3.05, 3.63) is 69.3 Å². The molecule has 0 amide bonds. The van der Waals surface area contributed by atoms with Crippen molar-refractivity contribution in [2.45, 2.75) is 6.54 Å². The number of hydrogen-bond acceptors (Lipinski definition) is 1. The Bertz CT molecular complexity index is 839. The summed E-state index contributed by atoms with van der Waals surface area (Å²) in [4.78, 5) is 12.4. The van der Waals surface area contributed by atoms with E-state index < -0.39 is 0 Å². The number of fused-ring (bicyclic) bond motifs is 1. The summed E-state index contributed by atoms with van der Waals surface area (Å²) in [7, 11) is 0. The minimum absolute atomic E-state index is 0.0972. The molecule has 0 spiro atoms. The summed E-state index contributed by atoms with van der Waals surface area (Å²) in [6.45, 7) is 0.184. The molecule has 1 aromatic heterocycles. The number of halogens is 3. The van der Waals surface area contributed by atoms with Crippen molar-refractivity contribution in [1.29, 1.82) is 0 Å². The molecule has 0 aliphatic carbocycles. The van der Waals surface area contributed by atoms with Gasteiger partial charge in [-0.15, -0.1) is 0 Å². The molecule has 0 N–H and O–H groups in total. The molecule has 0 radical (unpaired) electrons. The molecule has 0 aliphatic rings. The molecular weight excluding hydrogens is 329 g/mol. The summed E-state index contributed by atoms with van der Waals surface area (Å²) in [5, 5.41) is 2.56. The van der Waals surface area contributed by atoms with Crippen LogP contribution in [0.15, 0.2) is 48.7 Å². The fourth-order valence-electron chi connectivity index (χ4n) is 2.25. The maximum atomic E-state index is 12.4. The minimum atomic E-state index is -0.0972. The van der Waals surface area contributed by atoms with E-state index in [-0.39, 0.29) is 12.3 Å². The Balaban J connectivity index is 1.96. The van der Waals surface area contributed by atoms with Gasteiger partial charge in [0.1, 0.15) is 0 Å². The molecule has 0 saturated carbocycles. The normalized spacial score (nSPS) is 11.0. The highest BCUT2D eigenvalue weighted by Crippen LogP contribution is 2.24. The van der Waals surface area contributed by atoms with Crippen LogP contribution in [-0.4, -0.2) is 10.4 Å². The zero-order valence-electron chi connectivity index (χ0n) is 10.8. The second-order valence-corrected chi connectivity index (χ2v) is 5.97. The molecule has 106 valence electrons. The van der Waals surface area contributed by atoms with Crippen molar-refractivity contribution in [3.63, 3.8) is 0 Å². The molecule has 2 aromatic carbocycles. The monoisotopic (exact) mass is 337 g/mol. The average molecular weight is 339 g/mol. The van der Waals surface area contributed by atoms with Crippen LogP contribution in [0, 0.1) is 0 Å². The predicted molar refractivity (Wildman–Crippen MR) is 87.7 cm³/mol. The first-order valence-electron chi connectivity index (χ1n) is 6.27. The standard InChI is InChI=1S/C16H10Cl3NO/c17-11-3-4-14(19)13(7-11)16(21)9-20-6-5-10-1-2-12(18)8-15(10)20/h1-8H,9H2. The number of hydrogen-bond donors (Lipinski definition) is 0. The van der Waals surface area contributed by atoms with E-state index in [1.165, 1.54) is 0 Å². The summed E-state index contributed by atoms with van der Waals surface area (Å²) in [5.74, 6) is -0.0972. The zero-order chi connectivity index (χ0) is 15.0. The quantitative estimate of drug-likeness (QED) is 0.579. The predicted octanol–water partition coefficient (Wildman–Crippen LogP) is 5.48. The van der Waals surface area contributed by atoms with Crippen LogP contribution in [0.5, 0.6) is 0 Å². The van der Waals surface area contributed by atoms with E-state index in [0.717, 1.165) is 10.9 Å². The molecule has 3 aromatic rings. The number of carbonyl (C=O) groups excluding carboxylic acids is 1. The van der Waals surface area contributed by atoms with Crippen LogP contribution in [-0.2, 0) is 6.54 Å². The molecule has 0 fully saturated rings. The van der Waals surface area contributed by atoms with Gasteiger partial charge in [0, 0.05) is 27.3 Å². The minimum Gasteiger partial charge on any atom is -0.340 e. The van der Waals surface area contributed by atoms with Crippen molar-refractivity contribution < 1.29 is 4.79 Å². The number of ketones is 1. The first-order valence-corrected chi connectivity index (χ1v) is 7.40. The van der Waals surface area contributed by atoms with Crippen molar-refractivity contribution in [3.8, 4) is 0 Å². The fraction of sp³-hybridized carbons (Fsp3) is 0.0625. The van der Waals surface area contributed by atoms with Crippen molar-refractivity contribution in [2.24, 2.45) is 0 Å². The second-order valence-electron chi connectivity index (χ2n) is 4.69. The second kappa shape index (κ2) is 5.72. The van der Waals surface area contributed by atoms with Gasteiger partial charge in [-0.1, -0.05) is 40.9 Å². The lowest BCUT2D eigenvalue weighted by Gasteiger charge is -2.07. The maximum Gasteiger partial charge on any atom is 0.184 e. The van der Waals surface area contributed by atoms with Gasteiger partial charge in [-0.3, -0.25) is 4.79 Å². The van der Waals surface area contributed by atoms with Gasteiger partial charge < -0.3 is 4.57 Å². The molecule has 2 nitrogen and oxygen atoms in total. The summed E-state index contributed by atoms with van der Waals surface area (Å²) in [6, 6.07) is 12.4. The lowest BCUT2D eigenvalue weighted by molar-refractivity contribution is 0.0974. The molecule has 0 unspecified atom stereocenters. The topological polar surface area (TPSA) is 22.0 Å². The average Bonchev–Trinajstić information content (AvgIpc) is 2.84. The Morgan fingerprint density at radius 1 is 0.952 bits per heavy atom. The zero-order valence-corrected chi connectivity index (χ0v) is 13.1. The first-order chi connectivity index (χ1) is 10.0. The summed E-state index contributed by atoms with van der Waals surface area (Å²) < 4.78 is 1.85. The summed E-state index contributed by atoms with van der Waals surface area (Å²) >= 11 is 18.0. The van der Waals surface area contributed by atoms with E-state index in [4.69, 9.17) is 34.8 Å². The van der Waals surface area contributed by atoms with Crippen LogP contribution in [0.25, 0.3) is 10.9 Å². The van der Waals surface area contributed by atoms with Crippen LogP contribution in [0.3, 0.4) is 0 Å². The highest BCUT2D eigenvalue weighted by molar-refractivity contribution is 6.36. The molecule has 0 atom stereocenters. The molecule has 21 heavy (non-hydrogen) atoms. The molecule has 0 saturated heterocycles. The Morgan fingerprint density at radius 3 is 2.48 bits per heavy atom. The van der Waals surface area contributed by atoms with Gasteiger partial charge in [0.05, 0.1) is 11.6 Å². The van der Waals surface area contributed by atoms with Crippen molar-refractivity contribution >= 4 is 51.5 Å². The van der Waals surface area contributed by atoms with E-state index in [9.17, 15) is 4.79 Å². The molecular formula is C16H10Cl3NO. The van der Waals surface area contributed by atoms with E-state index in [1.54, 1.807) is 18.2 Å². The number of carbonyl (C=O) groups is 1. The van der Waals surface area contributed by atoms with Crippen molar-refractivity contribution in [2.75, 3.05) is 0 Å². The van der Waals surface area contributed by atoms with Gasteiger partial charge in [-0.05, 0) is 41.8 Å². The van der Waals surface area contributed by atoms with Crippen LogP contribution in [0.1, 0.15) is 10.4 Å². The summed E-state index contributed by atoms with van der Waals surface area (Å²) in [6.07, 6.45) is 1.86. The number of nitrogens with zero attached hydrogens (tertiary/aromatic N) is 1. The smallest absolute Gasteiger partial charge is 0.184 e. The maximum absolute atomic E-state index is 12.4. The van der Waals surface area contributed by atoms with Gasteiger partial charge in [-0.2, -0.15) is 0 Å². The SMILES string of the molecule is O=C(Cn1ccc2ccc(Cl)cc21)c1cc(Cl)ccc1Cl. The van der Waals surface area contributed by atoms with E-state index in [1.807, 2.05) is 35.0 Å². The van der Waals surface area contributed by atoms with Crippen LogP contribution >= 0.6 is 34.8 Å². The van der Waals surface area contributed by atoms with Gasteiger partial charge in [0.2, 0.25) is 0 Å². The number of Topliss-reactive ketones (excluding diaryl/α,β-unsaturated/α-hetero) is 1. The third-order valence-electron chi connectivity index (χ3n) is 3.28. The third-order valence-corrected chi connectivity index (χ3v) is 4.08. The Morgan fingerprint density at radius 2 is 1.67 bits per heavy atom. The Labute approximate surface area is 136 Å². The highest BCUT2D eigenvalue weighted by atomic mass is 35.5. The van der Waals surface area contributed by atoms with Crippen LogP contribution in [0.2, 0.25) is 15.1 Å². The Hall–Kier alpha value is -1.48. The molecule has 5 heteroatoms. The first kappa shape index (κ1) is 14.5. The van der Waals surface area contributed by atoms with Gasteiger partial charge in [0.25, 0.3) is 0 Å². The number of aromatic nitrogens is 1. The molecule has 0 aliphatic heterocycles. The van der Waals surface area contributed by atoms with Crippen LogP contribution < -0.4 is 0 Å². The molecule has 3 rings (SSSR count). The van der Waals surface area contributed by atoms with Crippen molar-refractivity contribution in [1.82, 2.24) is 4.57 Å². The Kier molecular flexibility index (Phi) is 3.94. The fourth-order valence-corrected chi connectivity index (χ4v) is 2.81. The number of rotatable bonds is 3. The largest absolute Gasteiger partial charge is 0.340 e. The highest BCUT2D eigenvalue weighted by Gasteiger charge is 2.13. The van der Waals surface area contributed by atoms with Gasteiger partial charge >= 0.3 is 0 Å².